The highest BCUT2D eigenvalue weighted by Gasteiger charge is 2.07. The third-order valence-electron chi connectivity index (χ3n) is 1.62. The van der Waals surface area contributed by atoms with Crippen LogP contribution in [0.4, 0.5) is 0 Å². The maximum absolute atomic E-state index is 11.7. The topological polar surface area (TPSA) is 42.9 Å². The molecule has 0 amide bonds. The molecule has 0 bridgehead atoms. The van der Waals surface area contributed by atoms with E-state index >= 15 is 0 Å². The molecule has 0 fully saturated rings. The Kier molecular flexibility index (Phi) is 3.40. The number of hydrogen-bond acceptors (Lipinski definition) is 5. The van der Waals surface area contributed by atoms with E-state index in [1.165, 1.54) is 28.9 Å². The Balaban J connectivity index is 2.14. The summed E-state index contributed by atoms with van der Waals surface area (Å²) in [5.41, 5.74) is 0.709. The third kappa shape index (κ3) is 2.58. The molecule has 2 aromatic rings. The van der Waals surface area contributed by atoms with Gasteiger partial charge in [0.2, 0.25) is 0 Å². The van der Waals surface area contributed by atoms with Gasteiger partial charge < -0.3 is 0 Å². The number of halogens is 1. The monoisotopic (exact) mass is 300 g/mol. The van der Waals surface area contributed by atoms with Gasteiger partial charge in [-0.15, -0.1) is 16.4 Å². The number of rotatable bonds is 3. The standard InChI is InChI=1S/C9H5BrN2OS2/c10-7-3-4-14-9(7)8(13)2-1-6-5-15-12-11-6/h1-5H/b2-1-. The lowest BCUT2D eigenvalue weighted by Crippen LogP contribution is -1.90. The third-order valence-corrected chi connectivity index (χ3v) is 4.00. The normalized spacial score (nSPS) is 11.0. The summed E-state index contributed by atoms with van der Waals surface area (Å²) >= 11 is 5.99. The molecule has 0 aliphatic carbocycles. The molecule has 2 heterocycles. The van der Waals surface area contributed by atoms with Crippen LogP contribution in [0.25, 0.3) is 6.08 Å². The fourth-order valence-corrected chi connectivity index (χ4v) is 2.86. The van der Waals surface area contributed by atoms with E-state index in [4.69, 9.17) is 0 Å². The van der Waals surface area contributed by atoms with Crippen LogP contribution in [0.5, 0.6) is 0 Å². The fourth-order valence-electron chi connectivity index (χ4n) is 0.951. The van der Waals surface area contributed by atoms with Gasteiger partial charge in [-0.1, -0.05) is 4.49 Å². The first kappa shape index (κ1) is 10.7. The molecule has 2 rings (SSSR count). The van der Waals surface area contributed by atoms with E-state index in [9.17, 15) is 4.79 Å². The molecule has 0 aromatic carbocycles. The predicted octanol–water partition coefficient (Wildman–Crippen LogP) is 3.26. The van der Waals surface area contributed by atoms with E-state index in [1.807, 2.05) is 11.4 Å². The fraction of sp³-hybridized carbons (Fsp3) is 0. The summed E-state index contributed by atoms with van der Waals surface area (Å²) in [6.07, 6.45) is 3.17. The first-order chi connectivity index (χ1) is 7.27. The minimum Gasteiger partial charge on any atom is -0.288 e. The molecule has 0 spiro atoms. The summed E-state index contributed by atoms with van der Waals surface area (Å²) in [6.45, 7) is 0. The van der Waals surface area contributed by atoms with Crippen molar-refractivity contribution in [3.63, 3.8) is 0 Å². The summed E-state index contributed by atoms with van der Waals surface area (Å²) in [7, 11) is 0. The van der Waals surface area contributed by atoms with E-state index in [-0.39, 0.29) is 5.78 Å². The average Bonchev–Trinajstić information content (AvgIpc) is 2.84. The number of nitrogens with zero attached hydrogens (tertiary/aromatic N) is 2. The van der Waals surface area contributed by atoms with E-state index < -0.39 is 0 Å². The Morgan fingerprint density at radius 1 is 1.53 bits per heavy atom. The number of carbonyl (C=O) groups is 1. The average molecular weight is 301 g/mol. The summed E-state index contributed by atoms with van der Waals surface area (Å²) in [5, 5.41) is 7.47. The molecule has 0 atom stereocenters. The van der Waals surface area contributed by atoms with Crippen molar-refractivity contribution in [1.29, 1.82) is 0 Å². The zero-order chi connectivity index (χ0) is 10.7. The lowest BCUT2D eigenvalue weighted by atomic mass is 10.3. The quantitative estimate of drug-likeness (QED) is 0.645. The predicted molar refractivity (Wildman–Crippen MR) is 65.3 cm³/mol. The molecular weight excluding hydrogens is 296 g/mol. The van der Waals surface area contributed by atoms with Crippen LogP contribution in [-0.2, 0) is 0 Å². The number of thiophene rings is 1. The maximum Gasteiger partial charge on any atom is 0.196 e. The van der Waals surface area contributed by atoms with Gasteiger partial charge in [0.05, 0.1) is 10.6 Å². The van der Waals surface area contributed by atoms with Crippen LogP contribution in [0.15, 0.2) is 27.4 Å². The van der Waals surface area contributed by atoms with Crippen molar-refractivity contribution < 1.29 is 4.79 Å². The molecule has 0 saturated carbocycles. The second kappa shape index (κ2) is 4.78. The molecule has 0 N–H and O–H groups in total. The molecular formula is C9H5BrN2OS2. The molecule has 0 radical (unpaired) electrons. The number of carbonyl (C=O) groups excluding carboxylic acids is 1. The van der Waals surface area contributed by atoms with Gasteiger partial charge in [-0.3, -0.25) is 4.79 Å². The molecule has 0 aliphatic rings. The smallest absolute Gasteiger partial charge is 0.196 e. The molecule has 2 aromatic heterocycles. The summed E-state index contributed by atoms with van der Waals surface area (Å²) in [4.78, 5) is 12.4. The largest absolute Gasteiger partial charge is 0.288 e. The van der Waals surface area contributed by atoms with Gasteiger partial charge in [-0.05, 0) is 51.1 Å². The van der Waals surface area contributed by atoms with E-state index in [2.05, 4.69) is 25.5 Å². The van der Waals surface area contributed by atoms with Gasteiger partial charge in [-0.2, -0.15) is 0 Å². The zero-order valence-corrected chi connectivity index (χ0v) is 10.6. The van der Waals surface area contributed by atoms with Crippen LogP contribution < -0.4 is 0 Å². The van der Waals surface area contributed by atoms with E-state index in [1.54, 1.807) is 11.5 Å². The number of hydrogen-bond donors (Lipinski definition) is 0. The SMILES string of the molecule is O=C(/C=C\c1csnn1)c1sccc1Br. The Hall–Kier alpha value is -0.850. The minimum absolute atomic E-state index is 0.0233. The van der Waals surface area contributed by atoms with Crippen molar-refractivity contribution in [1.82, 2.24) is 9.59 Å². The van der Waals surface area contributed by atoms with Gasteiger partial charge in [0, 0.05) is 9.85 Å². The van der Waals surface area contributed by atoms with Crippen molar-refractivity contribution in [2.75, 3.05) is 0 Å². The first-order valence-corrected chi connectivity index (χ1v) is 6.51. The minimum atomic E-state index is -0.0233. The number of allylic oxidation sites excluding steroid dienone is 1. The van der Waals surface area contributed by atoms with Gasteiger partial charge in [0.15, 0.2) is 5.78 Å². The highest BCUT2D eigenvalue weighted by Crippen LogP contribution is 2.23. The Morgan fingerprint density at radius 2 is 2.40 bits per heavy atom. The molecule has 76 valence electrons. The van der Waals surface area contributed by atoms with Crippen molar-refractivity contribution >= 4 is 50.7 Å². The van der Waals surface area contributed by atoms with E-state index in [0.717, 1.165) is 4.47 Å². The summed E-state index contributed by atoms with van der Waals surface area (Å²) < 4.78 is 4.53. The lowest BCUT2D eigenvalue weighted by molar-refractivity contribution is 0.105. The first-order valence-electron chi connectivity index (χ1n) is 4.00. The van der Waals surface area contributed by atoms with E-state index in [0.29, 0.717) is 10.6 Å². The number of aromatic nitrogens is 2. The summed E-state index contributed by atoms with van der Waals surface area (Å²) in [6, 6.07) is 1.86. The van der Waals surface area contributed by atoms with Crippen LogP contribution >= 0.6 is 38.8 Å². The maximum atomic E-state index is 11.7. The number of ketones is 1. The highest BCUT2D eigenvalue weighted by atomic mass is 79.9. The molecule has 0 unspecified atom stereocenters. The summed E-state index contributed by atoms with van der Waals surface area (Å²) in [5.74, 6) is -0.0233. The van der Waals surface area contributed by atoms with Crippen molar-refractivity contribution in [3.05, 3.63) is 37.9 Å². The Labute approximate surface area is 103 Å². The second-order valence-corrected chi connectivity index (χ2v) is 5.01. The van der Waals surface area contributed by atoms with Gasteiger partial charge in [0.25, 0.3) is 0 Å². The van der Waals surface area contributed by atoms with Gasteiger partial charge in [-0.25, -0.2) is 0 Å². The van der Waals surface area contributed by atoms with Crippen LogP contribution in [-0.4, -0.2) is 15.4 Å². The molecule has 15 heavy (non-hydrogen) atoms. The van der Waals surface area contributed by atoms with Crippen LogP contribution in [0.1, 0.15) is 15.4 Å². The van der Waals surface area contributed by atoms with Crippen molar-refractivity contribution in [3.8, 4) is 0 Å². The second-order valence-electron chi connectivity index (χ2n) is 2.63. The Bertz CT molecular complexity index is 490. The van der Waals surface area contributed by atoms with Crippen LogP contribution in [0.3, 0.4) is 0 Å². The Morgan fingerprint density at radius 3 is 3.00 bits per heavy atom. The van der Waals surface area contributed by atoms with Crippen molar-refractivity contribution in [2.45, 2.75) is 0 Å². The van der Waals surface area contributed by atoms with Gasteiger partial charge >= 0.3 is 0 Å². The molecule has 3 nitrogen and oxygen atoms in total. The molecule has 0 saturated heterocycles. The molecule has 0 aliphatic heterocycles. The highest BCUT2D eigenvalue weighted by molar-refractivity contribution is 9.10. The van der Waals surface area contributed by atoms with Gasteiger partial charge in [0.1, 0.15) is 0 Å². The van der Waals surface area contributed by atoms with Crippen molar-refractivity contribution in [2.24, 2.45) is 0 Å². The molecule has 6 heteroatoms. The zero-order valence-electron chi connectivity index (χ0n) is 7.38. The lowest BCUT2D eigenvalue weighted by Gasteiger charge is -1.89. The van der Waals surface area contributed by atoms with Crippen LogP contribution in [0, 0.1) is 0 Å². The van der Waals surface area contributed by atoms with Crippen LogP contribution in [0.2, 0.25) is 0 Å².